The molecule has 0 fully saturated rings. The van der Waals surface area contributed by atoms with Gasteiger partial charge in [0.05, 0.1) is 6.20 Å². The minimum absolute atomic E-state index is 0.0859. The van der Waals surface area contributed by atoms with Crippen LogP contribution in [0.1, 0.15) is 22.8 Å². The van der Waals surface area contributed by atoms with Gasteiger partial charge in [0.15, 0.2) is 5.78 Å². The fraction of sp³-hybridized carbons (Fsp3) is 0.308. The molecule has 0 saturated carbocycles. The van der Waals surface area contributed by atoms with E-state index in [1.807, 2.05) is 38.4 Å². The molecule has 0 saturated heterocycles. The fourth-order valence-electron chi connectivity index (χ4n) is 2.41. The summed E-state index contributed by atoms with van der Waals surface area (Å²) in [4.78, 5) is 12.1. The maximum absolute atomic E-state index is 12.1. The molecule has 17 heavy (non-hydrogen) atoms. The van der Waals surface area contributed by atoms with Gasteiger partial charge < -0.3 is 0 Å². The first-order valence-electron chi connectivity index (χ1n) is 5.69. The van der Waals surface area contributed by atoms with Crippen LogP contribution >= 0.6 is 0 Å². The van der Waals surface area contributed by atoms with E-state index in [1.165, 1.54) is 0 Å². The van der Waals surface area contributed by atoms with Gasteiger partial charge in [-0.1, -0.05) is 30.3 Å². The Balaban J connectivity index is 2.20. The lowest BCUT2D eigenvalue weighted by atomic mass is 10.0. The number of hydrogen-bond acceptors (Lipinski definition) is 3. The molecule has 1 aliphatic carbocycles. The van der Waals surface area contributed by atoms with Gasteiger partial charge in [-0.05, 0) is 12.0 Å². The second-order valence-electron chi connectivity index (χ2n) is 4.59. The van der Waals surface area contributed by atoms with Crippen LogP contribution < -0.4 is 0 Å². The van der Waals surface area contributed by atoms with Crippen molar-refractivity contribution in [2.24, 2.45) is 13.0 Å². The predicted molar refractivity (Wildman–Crippen MR) is 63.6 cm³/mol. The van der Waals surface area contributed by atoms with Gasteiger partial charge in [-0.15, -0.1) is 5.10 Å². The van der Waals surface area contributed by atoms with Crippen molar-refractivity contribution >= 4 is 5.78 Å². The molecule has 0 amide bonds. The van der Waals surface area contributed by atoms with Crippen molar-refractivity contribution in [3.05, 3.63) is 35.5 Å². The number of carbonyl (C=O) groups is 1. The summed E-state index contributed by atoms with van der Waals surface area (Å²) in [6.45, 7) is 1.97. The van der Waals surface area contributed by atoms with Gasteiger partial charge in [0.25, 0.3) is 0 Å². The van der Waals surface area contributed by atoms with Crippen LogP contribution in [0, 0.1) is 5.92 Å². The Morgan fingerprint density at radius 2 is 2.24 bits per heavy atom. The van der Waals surface area contributed by atoms with Gasteiger partial charge in [0.1, 0.15) is 5.69 Å². The number of nitrogens with zero attached hydrogens (tertiary/aromatic N) is 3. The molecule has 1 heterocycles. The molecule has 0 aliphatic heterocycles. The summed E-state index contributed by atoms with van der Waals surface area (Å²) in [6, 6.07) is 5.95. The topological polar surface area (TPSA) is 47.8 Å². The second kappa shape index (κ2) is 3.52. The van der Waals surface area contributed by atoms with E-state index < -0.39 is 0 Å². The number of aromatic nitrogens is 3. The molecule has 1 aromatic heterocycles. The number of hydrogen-bond donors (Lipinski definition) is 0. The number of carbonyl (C=O) groups excluding carboxylic acids is 1. The Bertz CT molecular complexity index is 600. The van der Waals surface area contributed by atoms with E-state index >= 15 is 0 Å². The van der Waals surface area contributed by atoms with Gasteiger partial charge in [-0.2, -0.15) is 0 Å². The minimum atomic E-state index is 0.0859. The zero-order valence-corrected chi connectivity index (χ0v) is 9.84. The molecular formula is C13H13N3O. The zero-order chi connectivity index (χ0) is 12.0. The Kier molecular flexibility index (Phi) is 2.11. The van der Waals surface area contributed by atoms with Crippen LogP contribution in [0.25, 0.3) is 11.3 Å². The number of fused-ring (bicyclic) bond motifs is 1. The highest BCUT2D eigenvalue weighted by Crippen LogP contribution is 2.33. The van der Waals surface area contributed by atoms with Crippen LogP contribution in [0.15, 0.2) is 24.4 Å². The van der Waals surface area contributed by atoms with Gasteiger partial charge in [-0.25, -0.2) is 0 Å². The number of aryl methyl sites for hydroxylation is 1. The molecule has 1 unspecified atom stereocenters. The smallest absolute Gasteiger partial charge is 0.166 e. The molecule has 0 spiro atoms. The van der Waals surface area contributed by atoms with Crippen LogP contribution in [-0.2, 0) is 13.5 Å². The summed E-state index contributed by atoms with van der Waals surface area (Å²) in [6.07, 6.45) is 2.67. The van der Waals surface area contributed by atoms with Crippen LogP contribution in [0.5, 0.6) is 0 Å². The van der Waals surface area contributed by atoms with E-state index in [2.05, 4.69) is 10.3 Å². The molecule has 0 bridgehead atoms. The lowest BCUT2D eigenvalue weighted by Crippen LogP contribution is -2.04. The molecule has 3 rings (SSSR count). The molecular weight excluding hydrogens is 214 g/mol. The summed E-state index contributed by atoms with van der Waals surface area (Å²) in [5, 5.41) is 8.00. The molecule has 1 aromatic carbocycles. The normalized spacial score (nSPS) is 18.5. The average molecular weight is 227 g/mol. The molecule has 1 aliphatic rings. The van der Waals surface area contributed by atoms with Crippen molar-refractivity contribution in [1.82, 2.24) is 15.0 Å². The Labute approximate surface area is 99.3 Å². The lowest BCUT2D eigenvalue weighted by Gasteiger charge is -2.03. The Morgan fingerprint density at radius 1 is 1.41 bits per heavy atom. The van der Waals surface area contributed by atoms with E-state index in [0.717, 1.165) is 28.8 Å². The molecule has 4 nitrogen and oxygen atoms in total. The van der Waals surface area contributed by atoms with Gasteiger partial charge in [-0.3, -0.25) is 9.48 Å². The quantitative estimate of drug-likeness (QED) is 0.747. The van der Waals surface area contributed by atoms with Crippen molar-refractivity contribution in [1.29, 1.82) is 0 Å². The van der Waals surface area contributed by atoms with E-state index in [4.69, 9.17) is 0 Å². The summed E-state index contributed by atoms with van der Waals surface area (Å²) >= 11 is 0. The summed E-state index contributed by atoms with van der Waals surface area (Å²) in [7, 11) is 1.82. The molecule has 2 aromatic rings. The summed E-state index contributed by atoms with van der Waals surface area (Å²) in [5.41, 5.74) is 3.64. The third-order valence-electron chi connectivity index (χ3n) is 3.25. The first kappa shape index (κ1) is 10.2. The number of benzene rings is 1. The largest absolute Gasteiger partial charge is 0.294 e. The highest BCUT2D eigenvalue weighted by atomic mass is 16.1. The van der Waals surface area contributed by atoms with E-state index in [1.54, 1.807) is 4.68 Å². The lowest BCUT2D eigenvalue weighted by molar-refractivity contribution is 0.0947. The van der Waals surface area contributed by atoms with Gasteiger partial charge in [0.2, 0.25) is 0 Å². The first-order chi connectivity index (χ1) is 8.16. The summed E-state index contributed by atoms with van der Waals surface area (Å²) < 4.78 is 1.65. The number of Topliss-reactive ketones (excluding diaryl/α,β-unsaturated/α-hetero) is 1. The van der Waals surface area contributed by atoms with Crippen molar-refractivity contribution in [3.63, 3.8) is 0 Å². The van der Waals surface area contributed by atoms with Crippen molar-refractivity contribution in [2.75, 3.05) is 0 Å². The maximum Gasteiger partial charge on any atom is 0.166 e. The van der Waals surface area contributed by atoms with Crippen molar-refractivity contribution < 1.29 is 4.79 Å². The van der Waals surface area contributed by atoms with Gasteiger partial charge in [0, 0.05) is 24.1 Å². The third kappa shape index (κ3) is 1.48. The van der Waals surface area contributed by atoms with Crippen LogP contribution in [0.2, 0.25) is 0 Å². The van der Waals surface area contributed by atoms with Gasteiger partial charge >= 0.3 is 0 Å². The van der Waals surface area contributed by atoms with Crippen LogP contribution in [0.3, 0.4) is 0 Å². The molecule has 86 valence electrons. The molecule has 0 N–H and O–H groups in total. The highest BCUT2D eigenvalue weighted by molar-refractivity contribution is 6.07. The number of rotatable bonds is 1. The Morgan fingerprint density at radius 3 is 2.94 bits per heavy atom. The zero-order valence-electron chi connectivity index (χ0n) is 9.84. The van der Waals surface area contributed by atoms with Crippen LogP contribution in [0.4, 0.5) is 0 Å². The molecule has 4 heteroatoms. The SMILES string of the molecule is CC1Cc2cccc(-c3cn(C)nn3)c2C1=O. The number of ketones is 1. The second-order valence-corrected chi connectivity index (χ2v) is 4.59. The van der Waals surface area contributed by atoms with E-state index in [-0.39, 0.29) is 11.7 Å². The standard InChI is InChI=1S/C13H13N3O/c1-8-6-9-4-3-5-10(12(9)13(8)17)11-7-16(2)15-14-11/h3-5,7-8H,6H2,1-2H3. The summed E-state index contributed by atoms with van der Waals surface area (Å²) in [5.74, 6) is 0.309. The Hall–Kier alpha value is -1.97. The van der Waals surface area contributed by atoms with Crippen molar-refractivity contribution in [3.8, 4) is 11.3 Å². The monoisotopic (exact) mass is 227 g/mol. The van der Waals surface area contributed by atoms with Crippen molar-refractivity contribution in [2.45, 2.75) is 13.3 Å². The average Bonchev–Trinajstić information content (AvgIpc) is 2.85. The first-order valence-corrected chi connectivity index (χ1v) is 5.69. The van der Waals surface area contributed by atoms with E-state index in [9.17, 15) is 4.79 Å². The molecule has 0 radical (unpaired) electrons. The maximum atomic E-state index is 12.1. The molecule has 1 atom stereocenters. The van der Waals surface area contributed by atoms with Crippen LogP contribution in [-0.4, -0.2) is 20.8 Å². The minimum Gasteiger partial charge on any atom is -0.294 e. The predicted octanol–water partition coefficient (Wildman–Crippen LogP) is 1.86. The van der Waals surface area contributed by atoms with E-state index in [0.29, 0.717) is 0 Å². The highest BCUT2D eigenvalue weighted by Gasteiger charge is 2.30. The third-order valence-corrected chi connectivity index (χ3v) is 3.25. The fourth-order valence-corrected chi connectivity index (χ4v) is 2.41.